The molecule has 0 saturated carbocycles. The highest BCUT2D eigenvalue weighted by atomic mass is 16.5. The largest absolute Gasteiger partial charge is 0.493 e. The van der Waals surface area contributed by atoms with Crippen molar-refractivity contribution < 1.29 is 18.8 Å². The molecule has 1 N–H and O–H groups in total. The summed E-state index contributed by atoms with van der Waals surface area (Å²) in [5.41, 5.74) is 3.28. The number of ether oxygens (including phenoxy) is 2. The van der Waals surface area contributed by atoms with E-state index in [1.54, 1.807) is 37.1 Å². The molecule has 0 unspecified atom stereocenters. The van der Waals surface area contributed by atoms with Crippen molar-refractivity contribution in [3.63, 3.8) is 0 Å². The number of aromatic nitrogens is 1. The standard InChI is InChI=1S/C16H17N3O3/c1-21-14-7-6-13(10-15(14)22-2)11-17-18-16(20)12-19-8-4-3-5-9-19/h3-11H,12H2,1-2H3/p+1. The van der Waals surface area contributed by atoms with Crippen LogP contribution in [0.15, 0.2) is 53.9 Å². The summed E-state index contributed by atoms with van der Waals surface area (Å²) in [6.45, 7) is 0.212. The average Bonchev–Trinajstić information content (AvgIpc) is 2.55. The van der Waals surface area contributed by atoms with E-state index >= 15 is 0 Å². The zero-order valence-electron chi connectivity index (χ0n) is 12.5. The minimum atomic E-state index is -0.201. The van der Waals surface area contributed by atoms with Gasteiger partial charge in [0.15, 0.2) is 23.9 Å². The Morgan fingerprint density at radius 3 is 2.59 bits per heavy atom. The van der Waals surface area contributed by atoms with Gasteiger partial charge in [-0.2, -0.15) is 9.67 Å². The maximum absolute atomic E-state index is 11.7. The molecule has 1 heterocycles. The van der Waals surface area contributed by atoms with E-state index in [1.807, 2.05) is 36.7 Å². The minimum absolute atomic E-state index is 0.201. The Morgan fingerprint density at radius 2 is 1.91 bits per heavy atom. The number of hydrogen-bond acceptors (Lipinski definition) is 4. The van der Waals surface area contributed by atoms with Gasteiger partial charge in [-0.1, -0.05) is 6.07 Å². The van der Waals surface area contributed by atoms with Gasteiger partial charge in [-0.25, -0.2) is 5.43 Å². The zero-order chi connectivity index (χ0) is 15.8. The van der Waals surface area contributed by atoms with E-state index in [0.717, 1.165) is 5.56 Å². The molecule has 1 aromatic carbocycles. The highest BCUT2D eigenvalue weighted by Crippen LogP contribution is 2.26. The van der Waals surface area contributed by atoms with Crippen molar-refractivity contribution in [2.45, 2.75) is 6.54 Å². The summed E-state index contributed by atoms with van der Waals surface area (Å²) < 4.78 is 12.1. The van der Waals surface area contributed by atoms with Crippen molar-refractivity contribution in [2.24, 2.45) is 5.10 Å². The molecule has 0 bridgehead atoms. The molecule has 0 saturated heterocycles. The fourth-order valence-corrected chi connectivity index (χ4v) is 1.85. The van der Waals surface area contributed by atoms with Crippen LogP contribution in [0.2, 0.25) is 0 Å². The van der Waals surface area contributed by atoms with Gasteiger partial charge in [0, 0.05) is 12.1 Å². The second-order valence-corrected chi connectivity index (χ2v) is 4.46. The molecule has 2 aromatic rings. The van der Waals surface area contributed by atoms with Crippen LogP contribution in [0, 0.1) is 0 Å². The normalized spacial score (nSPS) is 10.5. The fraction of sp³-hybridized carbons (Fsp3) is 0.188. The van der Waals surface area contributed by atoms with E-state index in [0.29, 0.717) is 11.5 Å². The van der Waals surface area contributed by atoms with Crippen molar-refractivity contribution in [3.05, 3.63) is 54.4 Å². The van der Waals surface area contributed by atoms with E-state index in [2.05, 4.69) is 10.5 Å². The number of benzene rings is 1. The van der Waals surface area contributed by atoms with Crippen LogP contribution in [0.5, 0.6) is 11.5 Å². The quantitative estimate of drug-likeness (QED) is 0.494. The molecular formula is C16H18N3O3+. The molecule has 6 heteroatoms. The fourth-order valence-electron chi connectivity index (χ4n) is 1.85. The van der Waals surface area contributed by atoms with Gasteiger partial charge in [-0.15, -0.1) is 0 Å². The predicted octanol–water partition coefficient (Wildman–Crippen LogP) is 1.14. The number of carbonyl (C=O) groups is 1. The van der Waals surface area contributed by atoms with E-state index in [9.17, 15) is 4.79 Å². The van der Waals surface area contributed by atoms with Crippen LogP contribution in [0.3, 0.4) is 0 Å². The highest BCUT2D eigenvalue weighted by Gasteiger charge is 2.07. The number of rotatable bonds is 6. The number of nitrogens with zero attached hydrogens (tertiary/aromatic N) is 2. The first-order chi connectivity index (χ1) is 10.7. The van der Waals surface area contributed by atoms with Gasteiger partial charge in [0.05, 0.1) is 20.4 Å². The third-order valence-corrected chi connectivity index (χ3v) is 2.91. The molecule has 0 aliphatic carbocycles. The van der Waals surface area contributed by atoms with Gasteiger partial charge in [0.25, 0.3) is 0 Å². The van der Waals surface area contributed by atoms with Crippen molar-refractivity contribution >= 4 is 12.1 Å². The Bertz CT molecular complexity index is 657. The molecule has 1 aromatic heterocycles. The van der Waals surface area contributed by atoms with Crippen molar-refractivity contribution in [1.82, 2.24) is 5.43 Å². The third kappa shape index (κ3) is 4.31. The average molecular weight is 300 g/mol. The summed E-state index contributed by atoms with van der Waals surface area (Å²) in [4.78, 5) is 11.7. The Balaban J connectivity index is 1.93. The molecule has 1 amide bonds. The minimum Gasteiger partial charge on any atom is -0.493 e. The maximum atomic E-state index is 11.7. The van der Waals surface area contributed by atoms with Crippen LogP contribution in [-0.2, 0) is 11.3 Å². The lowest BCUT2D eigenvalue weighted by Gasteiger charge is -2.07. The van der Waals surface area contributed by atoms with Gasteiger partial charge < -0.3 is 9.47 Å². The topological polar surface area (TPSA) is 63.8 Å². The molecule has 0 aliphatic rings. The smallest absolute Gasteiger partial charge is 0.305 e. The lowest BCUT2D eigenvalue weighted by Crippen LogP contribution is -2.40. The molecule has 0 spiro atoms. The van der Waals surface area contributed by atoms with Crippen molar-refractivity contribution in [1.29, 1.82) is 0 Å². The Hall–Kier alpha value is -2.89. The Morgan fingerprint density at radius 1 is 1.18 bits per heavy atom. The zero-order valence-corrected chi connectivity index (χ0v) is 12.5. The van der Waals surface area contributed by atoms with Gasteiger partial charge >= 0.3 is 5.91 Å². The number of nitrogens with one attached hydrogen (secondary N) is 1. The lowest BCUT2D eigenvalue weighted by molar-refractivity contribution is -0.684. The van der Waals surface area contributed by atoms with E-state index < -0.39 is 0 Å². The summed E-state index contributed by atoms with van der Waals surface area (Å²) in [7, 11) is 3.14. The SMILES string of the molecule is COc1ccc(C=NNC(=O)C[n+]2ccccc2)cc1OC. The van der Waals surface area contributed by atoms with Crippen LogP contribution >= 0.6 is 0 Å². The summed E-state index contributed by atoms with van der Waals surface area (Å²) in [5, 5.41) is 3.93. The molecule has 6 nitrogen and oxygen atoms in total. The molecule has 22 heavy (non-hydrogen) atoms. The summed E-state index contributed by atoms with van der Waals surface area (Å²) >= 11 is 0. The number of hydrazone groups is 1. The van der Waals surface area contributed by atoms with Crippen molar-refractivity contribution in [2.75, 3.05) is 14.2 Å². The molecule has 2 rings (SSSR count). The van der Waals surface area contributed by atoms with E-state index in [4.69, 9.17) is 9.47 Å². The van der Waals surface area contributed by atoms with E-state index in [1.165, 1.54) is 0 Å². The number of amides is 1. The summed E-state index contributed by atoms with van der Waals surface area (Å²) in [6, 6.07) is 11.0. The summed E-state index contributed by atoms with van der Waals surface area (Å²) in [6.07, 6.45) is 5.19. The van der Waals surface area contributed by atoms with Gasteiger partial charge in [-0.05, 0) is 23.8 Å². The van der Waals surface area contributed by atoms with Crippen LogP contribution in [0.4, 0.5) is 0 Å². The maximum Gasteiger partial charge on any atom is 0.305 e. The van der Waals surface area contributed by atoms with E-state index in [-0.39, 0.29) is 12.5 Å². The van der Waals surface area contributed by atoms with Crippen molar-refractivity contribution in [3.8, 4) is 11.5 Å². The molecule has 0 aliphatic heterocycles. The van der Waals surface area contributed by atoms with Crippen LogP contribution in [0.25, 0.3) is 0 Å². The second-order valence-electron chi connectivity index (χ2n) is 4.46. The predicted molar refractivity (Wildman–Crippen MR) is 81.9 cm³/mol. The summed E-state index contributed by atoms with van der Waals surface area (Å²) in [5.74, 6) is 1.05. The van der Waals surface area contributed by atoms with Gasteiger partial charge in [-0.3, -0.25) is 4.79 Å². The van der Waals surface area contributed by atoms with Gasteiger partial charge in [0.1, 0.15) is 0 Å². The number of carbonyl (C=O) groups excluding carboxylic acids is 1. The van der Waals surface area contributed by atoms with Crippen LogP contribution < -0.4 is 19.5 Å². The number of pyridine rings is 1. The highest BCUT2D eigenvalue weighted by molar-refractivity contribution is 5.82. The molecular weight excluding hydrogens is 282 g/mol. The first-order valence-corrected chi connectivity index (χ1v) is 6.71. The molecule has 0 fully saturated rings. The number of hydrogen-bond donors (Lipinski definition) is 1. The Kier molecular flexibility index (Phi) is 5.48. The lowest BCUT2D eigenvalue weighted by atomic mass is 10.2. The first kappa shape index (κ1) is 15.5. The molecule has 0 atom stereocenters. The van der Waals surface area contributed by atoms with Crippen LogP contribution in [-0.4, -0.2) is 26.3 Å². The number of methoxy groups -OCH3 is 2. The molecule has 114 valence electrons. The third-order valence-electron chi connectivity index (χ3n) is 2.91. The second kappa shape index (κ2) is 7.78. The van der Waals surface area contributed by atoms with Gasteiger partial charge in [0.2, 0.25) is 6.54 Å². The van der Waals surface area contributed by atoms with Crippen LogP contribution in [0.1, 0.15) is 5.56 Å². The monoisotopic (exact) mass is 300 g/mol. The first-order valence-electron chi connectivity index (χ1n) is 6.71. The Labute approximate surface area is 129 Å². The molecule has 0 radical (unpaired) electrons.